The number of halogens is 12. The quantitative estimate of drug-likeness (QED) is 0.0719. The molecule has 1 aromatic rings. The fourth-order valence-corrected chi connectivity index (χ4v) is 2.72. The summed E-state index contributed by atoms with van der Waals surface area (Å²) >= 11 is 0. The maximum Gasteiger partial charge on any atom is 0.384 e. The second kappa shape index (κ2) is 11.3. The molecule has 0 saturated heterocycles. The van der Waals surface area contributed by atoms with Gasteiger partial charge in [-0.2, -0.15) is 52.7 Å². The Morgan fingerprint density at radius 1 is 0.757 bits per heavy atom. The van der Waals surface area contributed by atoms with Gasteiger partial charge in [-0.3, -0.25) is 10.1 Å². The zero-order chi connectivity index (χ0) is 28.9. The normalized spacial score (nSPS) is 13.9. The number of nitro benzene ring substituents is 1. The van der Waals surface area contributed by atoms with Crippen LogP contribution < -0.4 is 0 Å². The summed E-state index contributed by atoms with van der Waals surface area (Å²) in [6.45, 7) is -0.260. The summed E-state index contributed by atoms with van der Waals surface area (Å²) in [4.78, 5) is 9.47. The molecule has 0 aromatic heterocycles. The van der Waals surface area contributed by atoms with Crippen LogP contribution in [-0.2, 0) is 15.9 Å². The summed E-state index contributed by atoms with van der Waals surface area (Å²) in [5.74, 6) is -42.4. The van der Waals surface area contributed by atoms with E-state index in [1.807, 2.05) is 0 Å². The first-order chi connectivity index (χ1) is 16.7. The van der Waals surface area contributed by atoms with E-state index in [1.54, 1.807) is 0 Å². The number of ether oxygens (including phenoxy) is 2. The van der Waals surface area contributed by atoms with Gasteiger partial charge in [-0.05, 0) is 18.4 Å². The molecule has 0 bridgehead atoms. The minimum atomic E-state index is -7.71. The van der Waals surface area contributed by atoms with Gasteiger partial charge in [-0.25, -0.2) is 0 Å². The van der Waals surface area contributed by atoms with Crippen LogP contribution in [0.5, 0.6) is 0 Å². The van der Waals surface area contributed by atoms with Gasteiger partial charge in [0.05, 0.1) is 17.8 Å². The van der Waals surface area contributed by atoms with Crippen molar-refractivity contribution < 1.29 is 67.1 Å². The van der Waals surface area contributed by atoms with Crippen LogP contribution in [0.4, 0.5) is 58.4 Å². The van der Waals surface area contributed by atoms with Gasteiger partial charge in [0.1, 0.15) is 6.61 Å². The van der Waals surface area contributed by atoms with Crippen LogP contribution in [-0.4, -0.2) is 60.3 Å². The molecule has 0 amide bonds. The Morgan fingerprint density at radius 2 is 1.22 bits per heavy atom. The lowest BCUT2D eigenvalue weighted by Crippen LogP contribution is -2.71. The Kier molecular flexibility index (Phi) is 9.91. The number of rotatable bonds is 16. The molecule has 5 nitrogen and oxygen atoms in total. The standard InChI is InChI=1S/C20H19F12NO4/c1-2-36-9-3-4-10-37-12-16(23,24)18(27,28)20(31,32)19(29,30)17(25,26)15(21,22)11-13-5-7-14(8-6-13)33(34)35/h2,5-8H,1,3-4,9-12H2. The van der Waals surface area contributed by atoms with Crippen molar-refractivity contribution in [1.29, 1.82) is 0 Å². The summed E-state index contributed by atoms with van der Waals surface area (Å²) in [7, 11) is 0. The van der Waals surface area contributed by atoms with Crippen molar-refractivity contribution >= 4 is 5.69 Å². The van der Waals surface area contributed by atoms with Crippen LogP contribution in [0, 0.1) is 10.1 Å². The number of benzene rings is 1. The number of nitro groups is 1. The van der Waals surface area contributed by atoms with E-state index in [1.165, 1.54) is 0 Å². The van der Waals surface area contributed by atoms with Crippen LogP contribution in [0.2, 0.25) is 0 Å². The van der Waals surface area contributed by atoms with E-state index in [-0.39, 0.29) is 19.4 Å². The predicted molar refractivity (Wildman–Crippen MR) is 103 cm³/mol. The highest BCUT2D eigenvalue weighted by atomic mass is 19.4. The molecule has 0 spiro atoms. The maximum atomic E-state index is 14.1. The van der Waals surface area contributed by atoms with Gasteiger partial charge in [-0.15, -0.1) is 0 Å². The molecule has 0 radical (unpaired) electrons. The van der Waals surface area contributed by atoms with E-state index >= 15 is 0 Å². The van der Waals surface area contributed by atoms with Crippen LogP contribution in [0.15, 0.2) is 37.1 Å². The first-order valence-electron chi connectivity index (χ1n) is 10.00. The van der Waals surface area contributed by atoms with Gasteiger partial charge >= 0.3 is 35.5 Å². The highest BCUT2D eigenvalue weighted by Gasteiger charge is 2.89. The summed E-state index contributed by atoms with van der Waals surface area (Å²) in [5.41, 5.74) is -1.76. The number of unbranched alkanes of at least 4 members (excludes halogenated alkanes) is 1. The summed E-state index contributed by atoms with van der Waals surface area (Å²) < 4.78 is 176. The van der Waals surface area contributed by atoms with Crippen molar-refractivity contribution in [2.45, 2.75) is 54.8 Å². The SMILES string of the molecule is C=COCCCCOCC(F)(F)C(F)(F)C(F)(F)C(F)(F)C(F)(F)C(F)(F)Cc1ccc([N+](=O)[O-])cc1. The summed E-state index contributed by atoms with van der Waals surface area (Å²) in [5, 5.41) is 10.5. The predicted octanol–water partition coefficient (Wildman–Crippen LogP) is 6.91. The molecule has 0 aliphatic rings. The van der Waals surface area contributed by atoms with Gasteiger partial charge in [0.25, 0.3) is 5.69 Å². The van der Waals surface area contributed by atoms with Crippen molar-refractivity contribution in [2.24, 2.45) is 0 Å². The largest absolute Gasteiger partial charge is 0.502 e. The maximum absolute atomic E-state index is 14.1. The van der Waals surface area contributed by atoms with E-state index in [9.17, 15) is 62.8 Å². The lowest BCUT2D eigenvalue weighted by molar-refractivity contribution is -0.427. The zero-order valence-electron chi connectivity index (χ0n) is 18.5. The third-order valence-electron chi connectivity index (χ3n) is 4.88. The van der Waals surface area contributed by atoms with Crippen molar-refractivity contribution in [2.75, 3.05) is 19.8 Å². The van der Waals surface area contributed by atoms with Crippen LogP contribution in [0.1, 0.15) is 18.4 Å². The molecule has 1 rings (SSSR count). The van der Waals surface area contributed by atoms with Crippen molar-refractivity contribution in [3.05, 3.63) is 52.8 Å². The van der Waals surface area contributed by atoms with Gasteiger partial charge in [0.2, 0.25) is 0 Å². The van der Waals surface area contributed by atoms with E-state index in [4.69, 9.17) is 0 Å². The number of alkyl halides is 12. The molecule has 212 valence electrons. The Labute approximate surface area is 201 Å². The van der Waals surface area contributed by atoms with Crippen molar-refractivity contribution in [1.82, 2.24) is 0 Å². The van der Waals surface area contributed by atoms with E-state index < -0.39 is 71.3 Å². The first kappa shape index (κ1) is 32.3. The Morgan fingerprint density at radius 3 is 1.68 bits per heavy atom. The van der Waals surface area contributed by atoms with Crippen molar-refractivity contribution in [3.63, 3.8) is 0 Å². The molecular weight excluding hydrogens is 546 g/mol. The number of hydrogen-bond acceptors (Lipinski definition) is 4. The molecule has 0 atom stereocenters. The topological polar surface area (TPSA) is 61.6 Å². The Balaban J connectivity index is 3.13. The Bertz CT molecular complexity index is 922. The first-order valence-corrected chi connectivity index (χ1v) is 10.00. The summed E-state index contributed by atoms with van der Waals surface area (Å²) in [6.07, 6.45) is -1.55. The van der Waals surface area contributed by atoms with Gasteiger partial charge in [0.15, 0.2) is 0 Å². The second-order valence-corrected chi connectivity index (χ2v) is 7.60. The van der Waals surface area contributed by atoms with Gasteiger partial charge in [-0.1, -0.05) is 18.7 Å². The molecule has 0 N–H and O–H groups in total. The zero-order valence-corrected chi connectivity index (χ0v) is 18.5. The summed E-state index contributed by atoms with van der Waals surface area (Å²) in [6, 6.07) is 1.75. The molecule has 0 aliphatic carbocycles. The van der Waals surface area contributed by atoms with Gasteiger partial charge < -0.3 is 9.47 Å². The molecule has 0 fully saturated rings. The fourth-order valence-electron chi connectivity index (χ4n) is 2.72. The highest BCUT2D eigenvalue weighted by molar-refractivity contribution is 5.33. The minimum Gasteiger partial charge on any atom is -0.502 e. The average Bonchev–Trinajstić information content (AvgIpc) is 2.77. The van der Waals surface area contributed by atoms with E-state index in [0.29, 0.717) is 24.3 Å². The smallest absolute Gasteiger partial charge is 0.384 e. The molecule has 37 heavy (non-hydrogen) atoms. The lowest BCUT2D eigenvalue weighted by Gasteiger charge is -2.41. The molecular formula is C20H19F12NO4. The molecule has 0 aliphatic heterocycles. The number of non-ortho nitro benzene ring substituents is 1. The van der Waals surface area contributed by atoms with Crippen LogP contribution in [0.25, 0.3) is 0 Å². The number of hydrogen-bond donors (Lipinski definition) is 0. The van der Waals surface area contributed by atoms with Crippen LogP contribution in [0.3, 0.4) is 0 Å². The number of nitrogens with zero attached hydrogens (tertiary/aromatic N) is 1. The van der Waals surface area contributed by atoms with Crippen LogP contribution >= 0.6 is 0 Å². The molecule has 1 aromatic carbocycles. The molecule has 0 heterocycles. The fraction of sp³-hybridized carbons (Fsp3) is 0.600. The molecule has 17 heteroatoms. The Hall–Kier alpha value is -2.72. The third-order valence-corrected chi connectivity index (χ3v) is 4.88. The minimum absolute atomic E-state index is 0.0210. The van der Waals surface area contributed by atoms with Crippen molar-refractivity contribution in [3.8, 4) is 0 Å². The molecule has 0 unspecified atom stereocenters. The molecule has 0 saturated carbocycles. The third kappa shape index (κ3) is 6.41. The monoisotopic (exact) mass is 565 g/mol. The van der Waals surface area contributed by atoms with Gasteiger partial charge in [0, 0.05) is 25.2 Å². The highest BCUT2D eigenvalue weighted by Crippen LogP contribution is 2.60. The average molecular weight is 565 g/mol. The van der Waals surface area contributed by atoms with E-state index in [0.717, 1.165) is 6.26 Å². The second-order valence-electron chi connectivity index (χ2n) is 7.60. The van der Waals surface area contributed by atoms with E-state index in [2.05, 4.69) is 16.1 Å². The lowest BCUT2D eigenvalue weighted by atomic mass is 9.89.